The molecule has 0 unspecified atom stereocenters. The Morgan fingerprint density at radius 2 is 1.90 bits per heavy atom. The fourth-order valence-electron chi connectivity index (χ4n) is 1.28. The van der Waals surface area contributed by atoms with E-state index in [0.717, 1.165) is 10.0 Å². The molecular weight excluding hydrogens is 322 g/mol. The Bertz CT molecular complexity index is 494. The lowest BCUT2D eigenvalue weighted by molar-refractivity contribution is -0.162. The van der Waals surface area contributed by atoms with E-state index in [9.17, 15) is 9.59 Å². The Morgan fingerprint density at radius 3 is 2.45 bits per heavy atom. The lowest BCUT2D eigenvalue weighted by Gasteiger charge is -2.26. The van der Waals surface area contributed by atoms with E-state index >= 15 is 0 Å². The summed E-state index contributed by atoms with van der Waals surface area (Å²) >= 11 is 3.38. The van der Waals surface area contributed by atoms with Crippen LogP contribution in [0.4, 0.5) is 0 Å². The summed E-state index contributed by atoms with van der Waals surface area (Å²) < 4.78 is 6.02. The van der Waals surface area contributed by atoms with Gasteiger partial charge in [-0.1, -0.05) is 54.9 Å². The van der Waals surface area contributed by atoms with Crippen molar-refractivity contribution in [3.05, 3.63) is 34.3 Å². The molecule has 0 aromatic heterocycles. The van der Waals surface area contributed by atoms with Gasteiger partial charge in [-0.05, 0) is 24.0 Å². The summed E-state index contributed by atoms with van der Waals surface area (Å²) in [4.78, 5) is 23.3. The van der Waals surface area contributed by atoms with E-state index in [1.54, 1.807) is 6.92 Å². The van der Waals surface area contributed by atoms with Crippen LogP contribution in [0.5, 0.6) is 0 Å². The highest BCUT2D eigenvalue weighted by molar-refractivity contribution is 9.10. The largest absolute Gasteiger partial charge is 0.455 e. The molecule has 0 radical (unpaired) electrons. The fourth-order valence-corrected chi connectivity index (χ4v) is 1.71. The van der Waals surface area contributed by atoms with Gasteiger partial charge >= 0.3 is 11.9 Å². The first kappa shape index (κ1) is 16.7. The number of benzene rings is 1. The Balaban J connectivity index is 2.51. The second-order valence-corrected chi connectivity index (χ2v) is 6.54. The van der Waals surface area contributed by atoms with E-state index in [-0.39, 0.29) is 18.1 Å². The van der Waals surface area contributed by atoms with Crippen molar-refractivity contribution in [2.24, 2.45) is 5.41 Å². The Morgan fingerprint density at radius 1 is 1.30 bits per heavy atom. The number of amides is 1. The highest BCUT2D eigenvalue weighted by Crippen LogP contribution is 2.21. The second-order valence-electron chi connectivity index (χ2n) is 5.69. The third-order valence-electron chi connectivity index (χ3n) is 3.09. The lowest BCUT2D eigenvalue weighted by atomic mass is 9.90. The molecular formula is C15H20BrNO3. The fraction of sp³-hybridized carbons (Fsp3) is 0.467. The molecule has 0 saturated heterocycles. The molecule has 1 rings (SSSR count). The lowest BCUT2D eigenvalue weighted by Crippen LogP contribution is -2.37. The van der Waals surface area contributed by atoms with E-state index < -0.39 is 11.9 Å². The maximum absolute atomic E-state index is 11.7. The van der Waals surface area contributed by atoms with Crippen molar-refractivity contribution in [1.29, 1.82) is 0 Å². The molecule has 0 bridgehead atoms. The molecule has 5 heteroatoms. The molecule has 0 spiro atoms. The number of carbonyl (C=O) groups excluding carboxylic acids is 2. The van der Waals surface area contributed by atoms with Gasteiger partial charge in [-0.2, -0.15) is 0 Å². The van der Waals surface area contributed by atoms with Crippen LogP contribution in [0.1, 0.15) is 33.3 Å². The molecule has 1 N–H and O–H groups in total. The number of halogens is 1. The van der Waals surface area contributed by atoms with Crippen molar-refractivity contribution >= 4 is 27.8 Å². The van der Waals surface area contributed by atoms with Crippen LogP contribution in [0.25, 0.3) is 0 Å². The predicted molar refractivity (Wildman–Crippen MR) is 81.0 cm³/mol. The van der Waals surface area contributed by atoms with Gasteiger partial charge in [-0.25, -0.2) is 4.79 Å². The van der Waals surface area contributed by atoms with E-state index in [1.807, 2.05) is 45.0 Å². The summed E-state index contributed by atoms with van der Waals surface area (Å²) in [6.45, 7) is 7.90. The van der Waals surface area contributed by atoms with Crippen molar-refractivity contribution in [2.45, 2.75) is 40.3 Å². The normalized spacial score (nSPS) is 12.7. The number of rotatable bonds is 3. The number of ether oxygens (including phenoxy) is 1. The summed E-state index contributed by atoms with van der Waals surface area (Å²) in [7, 11) is 0. The molecule has 20 heavy (non-hydrogen) atoms. The Labute approximate surface area is 128 Å². The molecule has 1 amide bonds. The van der Waals surface area contributed by atoms with Crippen LogP contribution in [0.15, 0.2) is 28.7 Å². The zero-order valence-corrected chi connectivity index (χ0v) is 13.8. The van der Waals surface area contributed by atoms with Gasteiger partial charge in [0.2, 0.25) is 0 Å². The predicted octanol–water partition coefficient (Wildman–Crippen LogP) is 3.04. The van der Waals surface area contributed by atoms with Crippen LogP contribution >= 0.6 is 15.9 Å². The highest BCUT2D eigenvalue weighted by Gasteiger charge is 2.26. The molecule has 0 heterocycles. The van der Waals surface area contributed by atoms with Gasteiger partial charge in [-0.15, -0.1) is 0 Å². The van der Waals surface area contributed by atoms with Crippen LogP contribution in [0, 0.1) is 5.41 Å². The molecule has 0 aliphatic rings. The number of hydrogen-bond acceptors (Lipinski definition) is 3. The first-order valence-corrected chi connectivity index (χ1v) is 7.23. The maximum Gasteiger partial charge on any atom is 0.397 e. The molecule has 0 aliphatic carbocycles. The van der Waals surface area contributed by atoms with E-state index in [2.05, 4.69) is 21.2 Å². The standard InChI is InChI=1S/C15H20BrNO3/c1-10(15(2,3)4)20-14(19)13(18)17-9-11-7-5-6-8-12(11)16/h5-8,10H,9H2,1-4H3,(H,17,18)/t10-/m1/s1. The third-order valence-corrected chi connectivity index (χ3v) is 3.86. The first-order chi connectivity index (χ1) is 9.21. The topological polar surface area (TPSA) is 55.4 Å². The van der Waals surface area contributed by atoms with Crippen molar-refractivity contribution in [1.82, 2.24) is 5.32 Å². The maximum atomic E-state index is 11.7. The summed E-state index contributed by atoms with van der Waals surface area (Å²) in [5.41, 5.74) is 0.704. The minimum absolute atomic E-state index is 0.196. The summed E-state index contributed by atoms with van der Waals surface area (Å²) in [6, 6.07) is 7.50. The minimum Gasteiger partial charge on any atom is -0.455 e. The molecule has 0 fully saturated rings. The van der Waals surface area contributed by atoms with Gasteiger partial charge in [0.25, 0.3) is 0 Å². The van der Waals surface area contributed by atoms with E-state index in [0.29, 0.717) is 0 Å². The van der Waals surface area contributed by atoms with Gasteiger partial charge in [0.05, 0.1) is 0 Å². The van der Waals surface area contributed by atoms with Gasteiger partial charge in [-0.3, -0.25) is 4.79 Å². The van der Waals surface area contributed by atoms with Crippen LogP contribution in [-0.2, 0) is 20.9 Å². The summed E-state index contributed by atoms with van der Waals surface area (Å²) in [5.74, 6) is -1.57. The highest BCUT2D eigenvalue weighted by atomic mass is 79.9. The van der Waals surface area contributed by atoms with Crippen molar-refractivity contribution < 1.29 is 14.3 Å². The van der Waals surface area contributed by atoms with Gasteiger partial charge in [0, 0.05) is 11.0 Å². The molecule has 0 saturated carbocycles. The second kappa shape index (κ2) is 6.88. The summed E-state index contributed by atoms with van der Waals surface area (Å²) in [6.07, 6.45) is -0.329. The zero-order valence-electron chi connectivity index (χ0n) is 12.2. The van der Waals surface area contributed by atoms with Gasteiger partial charge in [0.1, 0.15) is 6.10 Å². The van der Waals surface area contributed by atoms with Crippen LogP contribution in [-0.4, -0.2) is 18.0 Å². The van der Waals surface area contributed by atoms with Gasteiger partial charge < -0.3 is 10.1 Å². The molecule has 1 aromatic carbocycles. The number of nitrogens with one attached hydrogen (secondary N) is 1. The smallest absolute Gasteiger partial charge is 0.397 e. The van der Waals surface area contributed by atoms with Crippen molar-refractivity contribution in [3.63, 3.8) is 0 Å². The quantitative estimate of drug-likeness (QED) is 0.679. The monoisotopic (exact) mass is 341 g/mol. The van der Waals surface area contributed by atoms with Crippen LogP contribution < -0.4 is 5.32 Å². The third kappa shape index (κ3) is 4.96. The molecule has 1 aromatic rings. The van der Waals surface area contributed by atoms with E-state index in [1.165, 1.54) is 0 Å². The average Bonchev–Trinajstić information content (AvgIpc) is 2.36. The van der Waals surface area contributed by atoms with Crippen molar-refractivity contribution in [3.8, 4) is 0 Å². The first-order valence-electron chi connectivity index (χ1n) is 6.44. The number of esters is 1. The van der Waals surface area contributed by atoms with Gasteiger partial charge in [0.15, 0.2) is 0 Å². The van der Waals surface area contributed by atoms with Crippen LogP contribution in [0.2, 0.25) is 0 Å². The molecule has 110 valence electrons. The average molecular weight is 342 g/mol. The molecule has 0 aliphatic heterocycles. The number of hydrogen-bond donors (Lipinski definition) is 1. The number of carbonyl (C=O) groups is 2. The van der Waals surface area contributed by atoms with Crippen molar-refractivity contribution in [2.75, 3.05) is 0 Å². The Kier molecular flexibility index (Phi) is 5.74. The SMILES string of the molecule is C[C@@H](OC(=O)C(=O)NCc1ccccc1Br)C(C)(C)C. The zero-order chi connectivity index (χ0) is 15.3. The van der Waals surface area contributed by atoms with Crippen LogP contribution in [0.3, 0.4) is 0 Å². The summed E-state index contributed by atoms with van der Waals surface area (Å²) in [5, 5.41) is 2.55. The van der Waals surface area contributed by atoms with E-state index in [4.69, 9.17) is 4.74 Å². The molecule has 4 nitrogen and oxygen atoms in total. The minimum atomic E-state index is -0.848. The Hall–Kier alpha value is -1.36. The molecule has 1 atom stereocenters.